The van der Waals surface area contributed by atoms with Crippen LogP contribution in [0.5, 0.6) is 0 Å². The average Bonchev–Trinajstić information content (AvgIpc) is 1.74. The van der Waals surface area contributed by atoms with Gasteiger partial charge in [-0.3, -0.25) is 82.1 Å². The highest BCUT2D eigenvalue weighted by atomic mass is 32.1. The number of carbonyl (C=O) groups is 15. The van der Waals surface area contributed by atoms with E-state index in [4.69, 9.17) is 34.4 Å². The number of hydrogen-bond acceptors (Lipinski definition) is 21. The Morgan fingerprint density at radius 3 is 1.42 bits per heavy atom. The number of benzene rings is 1. The molecule has 2 unspecified atom stereocenters. The second-order valence-electron chi connectivity index (χ2n) is 30.8. The van der Waals surface area contributed by atoms with Gasteiger partial charge >= 0.3 is 5.97 Å². The molecule has 1 aromatic heterocycles. The molecule has 0 spiro atoms. The molecule has 4 aliphatic rings. The molecular formula is C76H121N25O17S. The Bertz CT molecular complexity index is 3900. The quantitative estimate of drug-likeness (QED) is 0.0127. The minimum atomic E-state index is -1.81. The van der Waals surface area contributed by atoms with Gasteiger partial charge in [-0.05, 0) is 114 Å². The van der Waals surface area contributed by atoms with Crippen LogP contribution in [0.1, 0.15) is 161 Å². The first kappa shape index (κ1) is 96.4. The number of likely N-dealkylation sites (tertiary alicyclic amines) is 3. The number of thiol groups is 1. The third-order valence-electron chi connectivity index (χ3n) is 20.7. The van der Waals surface area contributed by atoms with Crippen molar-refractivity contribution in [2.75, 3.05) is 51.6 Å². The van der Waals surface area contributed by atoms with E-state index < -0.39 is 180 Å². The number of amides is 14. The first-order valence-electron chi connectivity index (χ1n) is 40.5. The number of nitrogens with two attached hydrogens (primary N) is 6. The second kappa shape index (κ2) is 48.5. The molecule has 4 saturated heterocycles. The minimum absolute atomic E-state index is 0.00867. The summed E-state index contributed by atoms with van der Waals surface area (Å²) in [6, 6.07) is -9.59. The van der Waals surface area contributed by atoms with E-state index in [1.807, 2.05) is 6.92 Å². The molecule has 1 aromatic carbocycles. The van der Waals surface area contributed by atoms with Crippen LogP contribution in [0.4, 0.5) is 0 Å². The maximum Gasteiger partial charge on any atom is 0.326 e. The number of imidazole rings is 1. The van der Waals surface area contributed by atoms with E-state index in [1.54, 1.807) is 58.0 Å². The molecule has 6 rings (SSSR count). The zero-order valence-electron chi connectivity index (χ0n) is 68.1. The number of aromatic amines is 1. The Kier molecular flexibility index (Phi) is 39.3. The molecule has 4 fully saturated rings. The van der Waals surface area contributed by atoms with Gasteiger partial charge < -0.3 is 123 Å². The lowest BCUT2D eigenvalue weighted by molar-refractivity contribution is -0.150. The molecule has 42 nitrogen and oxygen atoms in total. The van der Waals surface area contributed by atoms with Gasteiger partial charge in [0.15, 0.2) is 17.9 Å². The van der Waals surface area contributed by atoms with Crippen molar-refractivity contribution in [1.29, 1.82) is 0 Å². The predicted molar refractivity (Wildman–Crippen MR) is 439 cm³/mol. The van der Waals surface area contributed by atoms with E-state index in [2.05, 4.69) is 96.1 Å². The first-order chi connectivity index (χ1) is 56.6. The van der Waals surface area contributed by atoms with E-state index >= 15 is 0 Å². The monoisotopic (exact) mass is 1690 g/mol. The molecule has 4 aliphatic heterocycles. The van der Waals surface area contributed by atoms with Crippen LogP contribution in [-0.4, -0.2) is 278 Å². The maximum absolute atomic E-state index is 14.8. The smallest absolute Gasteiger partial charge is 0.326 e. The lowest BCUT2D eigenvalue weighted by Crippen LogP contribution is -2.62. The summed E-state index contributed by atoms with van der Waals surface area (Å²) in [5.41, 5.74) is 34.3. The van der Waals surface area contributed by atoms with E-state index in [0.29, 0.717) is 43.4 Å². The summed E-state index contributed by atoms with van der Waals surface area (Å²) < 4.78 is 0. The lowest BCUT2D eigenvalue weighted by Gasteiger charge is -2.33. The van der Waals surface area contributed by atoms with Crippen molar-refractivity contribution in [1.82, 2.24) is 83.2 Å². The number of nitrogens with zero attached hydrogens (tertiary/aromatic N) is 7. The molecule has 119 heavy (non-hydrogen) atoms. The van der Waals surface area contributed by atoms with Crippen molar-refractivity contribution in [2.24, 2.45) is 61.2 Å². The molecule has 658 valence electrons. The highest BCUT2D eigenvalue weighted by Crippen LogP contribution is 2.26. The Morgan fingerprint density at radius 1 is 0.513 bits per heavy atom. The number of hydrogen-bond donors (Lipinski definition) is 21. The Balaban J connectivity index is 1.15. The van der Waals surface area contributed by atoms with Crippen LogP contribution in [0.3, 0.4) is 0 Å². The molecule has 0 saturated carbocycles. The molecule has 0 radical (unpaired) electrons. The van der Waals surface area contributed by atoms with E-state index in [0.717, 1.165) is 0 Å². The van der Waals surface area contributed by atoms with Crippen molar-refractivity contribution >= 4 is 119 Å². The summed E-state index contributed by atoms with van der Waals surface area (Å²) >= 11 is 4.38. The fraction of sp³-hybridized carbons (Fsp3) is 0.645. The Labute approximate surface area is 696 Å². The third kappa shape index (κ3) is 30.5. The number of aliphatic imine (C=N–C) groups is 3. The number of carboxylic acids is 1. The number of aliphatic carboxylic acids is 1. The van der Waals surface area contributed by atoms with Crippen molar-refractivity contribution in [2.45, 2.75) is 248 Å². The average molecular weight is 1690 g/mol. The molecule has 2 aromatic rings. The zero-order chi connectivity index (χ0) is 87.6. The van der Waals surface area contributed by atoms with Crippen LogP contribution in [0.25, 0.3) is 0 Å². The topological polar surface area (TPSA) is 660 Å². The minimum Gasteiger partial charge on any atom is -0.480 e. The van der Waals surface area contributed by atoms with Gasteiger partial charge in [0.2, 0.25) is 82.7 Å². The van der Waals surface area contributed by atoms with E-state index in [9.17, 15) is 82.1 Å². The van der Waals surface area contributed by atoms with Crippen LogP contribution in [0.2, 0.25) is 0 Å². The maximum atomic E-state index is 14.8. The molecule has 0 bridgehead atoms. The molecular weight excluding hydrogens is 1570 g/mol. The van der Waals surface area contributed by atoms with Crippen molar-refractivity contribution < 1.29 is 82.1 Å². The van der Waals surface area contributed by atoms with Gasteiger partial charge in [-0.25, -0.2) is 9.78 Å². The number of carboxylic acid groups (broad SMARTS) is 1. The van der Waals surface area contributed by atoms with Crippen molar-refractivity contribution in [3.8, 4) is 0 Å². The van der Waals surface area contributed by atoms with Crippen LogP contribution in [0, 0.1) is 11.8 Å². The van der Waals surface area contributed by atoms with E-state index in [-0.39, 0.29) is 171 Å². The summed E-state index contributed by atoms with van der Waals surface area (Å²) in [6.07, 6.45) is 5.52. The number of unbranched alkanes of at least 4 members (excludes halogenated alkanes) is 1. The van der Waals surface area contributed by atoms with Gasteiger partial charge in [0.25, 0.3) is 0 Å². The number of carbonyl (C=O) groups excluding carboxylic acids is 14. The lowest BCUT2D eigenvalue weighted by atomic mass is 10.0. The Morgan fingerprint density at radius 2 is 0.941 bits per heavy atom. The molecule has 0 aliphatic carbocycles. The van der Waals surface area contributed by atoms with Gasteiger partial charge in [-0.1, -0.05) is 77.8 Å². The summed E-state index contributed by atoms with van der Waals surface area (Å²) in [4.78, 5) is 234. The SMILES string of the molecule is CCCCC(NC(=O)[C@H](CS)NC(=O)[C@H](CCCN=C(N)N)NC(=O)[C@H](CCCN=C(N)N)NC(=O)C1CCC(=O)N1)C(=O)N1CCC[C@H]1C(=O)N[C@@H](CC(C)C)C(=O)N[C@@H](Cc1cnc[nH]1)C(=O)N[C@@H](CO)C(=O)N[C@@H](CCCN=C(N)N)C(=O)N[C@H](C(=O)N1CCC[C@H]1C(=O)N[C@@H](Cc1ccccc1)C(=O)N1CCC[C@H]1C(=O)O)C(C)C. The largest absolute Gasteiger partial charge is 0.480 e. The number of rotatable bonds is 48. The zero-order valence-corrected chi connectivity index (χ0v) is 69.0. The number of aromatic nitrogens is 2. The molecule has 14 amide bonds. The van der Waals surface area contributed by atoms with Gasteiger partial charge in [-0.15, -0.1) is 0 Å². The fourth-order valence-corrected chi connectivity index (χ4v) is 14.7. The number of nitrogens with one attached hydrogen (secondary N) is 12. The normalized spacial score (nSPS) is 18.8. The summed E-state index contributed by atoms with van der Waals surface area (Å²) in [7, 11) is 0. The highest BCUT2D eigenvalue weighted by molar-refractivity contribution is 7.80. The standard InChI is InChI=1S/C76H121N25O17S/c1-6-7-19-49(92-67(111)54(39-119)97-61(105)46(21-12-29-85-75(79)80)89-60(104)45(20-11-28-84-74(77)78)90-62(106)48-26-27-58(103)88-48)70(114)99-31-14-23-55(99)68(112)94-50(34-41(2)3)64(108)93-51(36-44-37-83-40-87-44)65(109)96-53(38-102)66(110)91-47(22-13-30-86-76(81)82)63(107)98-59(42(4)5)72(116)100-32-15-24-56(100)69(113)95-52(35-43-17-9-8-10-18-43)71(115)101-33-16-25-57(101)73(117)118/h8-10,17-18,37,40-42,45-57,59,102,119H,6-7,11-16,19-36,38-39H2,1-5H3,(H,83,87)(H,88,103)(H,89,104)(H,90,106)(H,91,110)(H,92,111)(H,93,108)(H,94,112)(H,95,113)(H,96,109)(H,97,105)(H,98,107)(H,117,118)(H4,77,78,84)(H4,79,80,85)(H4,81,82,86)/t45-,46-,47-,48?,49?,50-,51-,52-,53-,54-,55-,56-,57-,59-/m0/s1. The first-order valence-corrected chi connectivity index (χ1v) is 41.1. The van der Waals surface area contributed by atoms with Gasteiger partial charge in [0.05, 0.1) is 12.9 Å². The van der Waals surface area contributed by atoms with Crippen molar-refractivity contribution in [3.63, 3.8) is 0 Å². The van der Waals surface area contributed by atoms with E-state index in [1.165, 1.54) is 27.2 Å². The fourth-order valence-electron chi connectivity index (χ4n) is 14.4. The molecule has 26 N–H and O–H groups in total. The number of H-pyrrole nitrogens is 1. The van der Waals surface area contributed by atoms with Crippen molar-refractivity contribution in [3.05, 3.63) is 54.1 Å². The van der Waals surface area contributed by atoms with Crippen LogP contribution >= 0.6 is 12.6 Å². The van der Waals surface area contributed by atoms with Crippen LogP contribution in [0.15, 0.2) is 57.8 Å². The molecule has 14 atom stereocenters. The summed E-state index contributed by atoms with van der Waals surface area (Å²) in [5.74, 6) is -13.8. The second-order valence-corrected chi connectivity index (χ2v) is 31.2. The van der Waals surface area contributed by atoms with Crippen LogP contribution < -0.4 is 92.9 Å². The van der Waals surface area contributed by atoms with Gasteiger partial charge in [0, 0.05) is 76.2 Å². The molecule has 5 heterocycles. The van der Waals surface area contributed by atoms with Gasteiger partial charge in [-0.2, -0.15) is 12.6 Å². The van der Waals surface area contributed by atoms with Crippen LogP contribution in [-0.2, 0) is 84.8 Å². The Hall–Kier alpha value is -11.4. The number of aliphatic hydroxyl groups excluding tert-OH is 1. The third-order valence-corrected chi connectivity index (χ3v) is 21.1. The number of guanidine groups is 3. The summed E-state index contributed by atoms with van der Waals surface area (Å²) in [5, 5.41) is 50.0. The predicted octanol–water partition coefficient (Wildman–Crippen LogP) is -5.65. The number of aliphatic hydroxyl groups is 1. The van der Waals surface area contributed by atoms with Gasteiger partial charge in [0.1, 0.15) is 84.6 Å². The molecule has 43 heteroatoms. The highest BCUT2D eigenvalue weighted by Gasteiger charge is 2.45. The summed E-state index contributed by atoms with van der Waals surface area (Å²) in [6.45, 7) is 8.01.